The van der Waals surface area contributed by atoms with Crippen LogP contribution in [0.5, 0.6) is 17.2 Å². The molecule has 0 aromatic heterocycles. The van der Waals surface area contributed by atoms with E-state index in [1.165, 1.54) is 7.11 Å². The number of unbranched alkanes of at least 4 members (excludes halogenated alkanes) is 1. The topological polar surface area (TPSA) is 141 Å². The highest BCUT2D eigenvalue weighted by atomic mass is 16.5. The molecule has 2 aromatic rings. The van der Waals surface area contributed by atoms with Crippen LogP contribution in [0.1, 0.15) is 75.2 Å². The third-order valence-electron chi connectivity index (χ3n) is 9.43. The maximum absolute atomic E-state index is 13.8. The first-order valence-corrected chi connectivity index (χ1v) is 16.6. The van der Waals surface area contributed by atoms with Gasteiger partial charge < -0.3 is 35.2 Å². The minimum atomic E-state index is -0.899. The molecule has 2 heterocycles. The van der Waals surface area contributed by atoms with E-state index in [0.717, 1.165) is 31.2 Å². The first kappa shape index (κ1) is 35.2. The van der Waals surface area contributed by atoms with Crippen molar-refractivity contribution in [2.75, 3.05) is 39.9 Å². The van der Waals surface area contributed by atoms with Crippen LogP contribution in [0.25, 0.3) is 0 Å². The molecule has 2 aromatic carbocycles. The molecule has 11 nitrogen and oxygen atoms in total. The lowest BCUT2D eigenvalue weighted by Crippen LogP contribution is -2.75. The molecule has 2 fully saturated rings. The highest BCUT2D eigenvalue weighted by Crippen LogP contribution is 2.36. The average molecular weight is 639 g/mol. The summed E-state index contributed by atoms with van der Waals surface area (Å²) in [7, 11) is 1.51. The second-order valence-corrected chi connectivity index (χ2v) is 12.3. The molecule has 2 aliphatic rings. The predicted octanol–water partition coefficient (Wildman–Crippen LogP) is 3.47. The van der Waals surface area contributed by atoms with Crippen LogP contribution in [0.4, 0.5) is 0 Å². The summed E-state index contributed by atoms with van der Waals surface area (Å²) >= 11 is 0. The number of amides is 3. The van der Waals surface area contributed by atoms with Crippen LogP contribution in [0.3, 0.4) is 0 Å². The number of aliphatic hydroxyl groups excluding tert-OH is 2. The van der Waals surface area contributed by atoms with Crippen molar-refractivity contribution in [3.05, 3.63) is 53.6 Å². The lowest BCUT2D eigenvalue weighted by molar-refractivity contribution is -0.165. The molecule has 1 spiro atoms. The monoisotopic (exact) mass is 638 g/mol. The Morgan fingerprint density at radius 3 is 2.37 bits per heavy atom. The van der Waals surface area contributed by atoms with Crippen LogP contribution in [0, 0.1) is 5.92 Å². The van der Waals surface area contributed by atoms with Crippen molar-refractivity contribution in [2.24, 2.45) is 5.92 Å². The van der Waals surface area contributed by atoms with Crippen molar-refractivity contribution in [2.45, 2.75) is 83.5 Å². The zero-order valence-electron chi connectivity index (χ0n) is 27.6. The van der Waals surface area contributed by atoms with E-state index >= 15 is 0 Å². The summed E-state index contributed by atoms with van der Waals surface area (Å²) in [6.07, 6.45) is 3.38. The third-order valence-corrected chi connectivity index (χ3v) is 9.43. The van der Waals surface area contributed by atoms with Gasteiger partial charge in [0.25, 0.3) is 5.91 Å². The molecule has 4 N–H and O–H groups in total. The zero-order valence-corrected chi connectivity index (χ0v) is 27.6. The van der Waals surface area contributed by atoms with Gasteiger partial charge in [0.1, 0.15) is 17.3 Å². The molecule has 0 saturated carbocycles. The number of methoxy groups -OCH3 is 1. The Hall–Kier alpha value is -3.67. The number of ether oxygens (including phenoxy) is 2. The van der Waals surface area contributed by atoms with Gasteiger partial charge >= 0.3 is 0 Å². The van der Waals surface area contributed by atoms with Gasteiger partial charge in [0, 0.05) is 38.3 Å². The molecule has 0 aliphatic carbocycles. The standard InChI is InChI=1S/C35H50N4O7/c1-5-8-18-39-33(43)30(31(41)25(6-2)7-3)37-34(44)35(39)15-19-38(20-16-35)23-24-9-12-27(13-10-24)46-28-14-11-26(22-29(28)45-4)32(42)36-17-21-40/h9-14,22,25,30-31,40-41H,5-8,15-21,23H2,1-4H3,(H,36,42)(H,37,44)/t30-,31-/m1/s1. The van der Waals surface area contributed by atoms with E-state index in [4.69, 9.17) is 14.6 Å². The van der Waals surface area contributed by atoms with E-state index in [1.54, 1.807) is 23.1 Å². The number of benzene rings is 2. The molecule has 2 aliphatic heterocycles. The Bertz CT molecular complexity index is 1320. The van der Waals surface area contributed by atoms with Crippen LogP contribution in [-0.4, -0.2) is 95.3 Å². The van der Waals surface area contributed by atoms with Crippen molar-refractivity contribution in [1.29, 1.82) is 0 Å². The fourth-order valence-corrected chi connectivity index (χ4v) is 6.55. The first-order valence-electron chi connectivity index (χ1n) is 16.6. The molecule has 2 saturated heterocycles. The maximum Gasteiger partial charge on any atom is 0.251 e. The predicted molar refractivity (Wildman–Crippen MR) is 175 cm³/mol. The molecular weight excluding hydrogens is 588 g/mol. The second kappa shape index (κ2) is 16.2. The number of hydrogen-bond acceptors (Lipinski definition) is 8. The van der Waals surface area contributed by atoms with Crippen LogP contribution in [0.15, 0.2) is 42.5 Å². The van der Waals surface area contributed by atoms with Gasteiger partial charge in [-0.2, -0.15) is 0 Å². The van der Waals surface area contributed by atoms with Crippen LogP contribution in [-0.2, 0) is 16.1 Å². The van der Waals surface area contributed by atoms with Gasteiger partial charge in [-0.3, -0.25) is 19.3 Å². The number of piperazine rings is 1. The van der Waals surface area contributed by atoms with E-state index in [9.17, 15) is 19.5 Å². The first-order chi connectivity index (χ1) is 22.2. The lowest BCUT2D eigenvalue weighted by atomic mass is 9.79. The third kappa shape index (κ3) is 7.82. The Morgan fingerprint density at radius 1 is 1.07 bits per heavy atom. The maximum atomic E-state index is 13.8. The van der Waals surface area contributed by atoms with Gasteiger partial charge in [0.2, 0.25) is 11.8 Å². The summed E-state index contributed by atoms with van der Waals surface area (Å²) in [5, 5.41) is 25.5. The van der Waals surface area contributed by atoms with Gasteiger partial charge in [-0.1, -0.05) is 52.2 Å². The van der Waals surface area contributed by atoms with E-state index in [2.05, 4.69) is 22.5 Å². The van der Waals surface area contributed by atoms with Gasteiger partial charge in [-0.15, -0.1) is 0 Å². The summed E-state index contributed by atoms with van der Waals surface area (Å²) in [5.74, 6) is 0.841. The molecule has 2 atom stereocenters. The normalized spacial score (nSPS) is 18.8. The number of piperidine rings is 1. The number of nitrogens with zero attached hydrogens (tertiary/aromatic N) is 2. The number of rotatable bonds is 15. The number of carbonyl (C=O) groups excluding carboxylic acids is 3. The fourth-order valence-electron chi connectivity index (χ4n) is 6.55. The number of hydrogen-bond donors (Lipinski definition) is 4. The van der Waals surface area contributed by atoms with Crippen molar-refractivity contribution < 1.29 is 34.1 Å². The molecule has 4 rings (SSSR count). The van der Waals surface area contributed by atoms with Gasteiger partial charge in [-0.25, -0.2) is 0 Å². The minimum Gasteiger partial charge on any atom is -0.493 e. The van der Waals surface area contributed by atoms with E-state index < -0.39 is 17.7 Å². The summed E-state index contributed by atoms with van der Waals surface area (Å²) in [4.78, 5) is 43.8. The van der Waals surface area contributed by atoms with E-state index in [-0.39, 0.29) is 36.8 Å². The Labute approximate surface area is 272 Å². The quantitative estimate of drug-likeness (QED) is 0.233. The molecule has 11 heteroatoms. The van der Waals surface area contributed by atoms with Gasteiger partial charge in [0.05, 0.1) is 19.8 Å². The molecule has 0 bridgehead atoms. The number of likely N-dealkylation sites (tertiary alicyclic amines) is 1. The second-order valence-electron chi connectivity index (χ2n) is 12.3. The molecule has 3 amide bonds. The van der Waals surface area contributed by atoms with Crippen molar-refractivity contribution in [3.8, 4) is 17.2 Å². The van der Waals surface area contributed by atoms with E-state index in [0.29, 0.717) is 61.8 Å². The molecule has 252 valence electrons. The van der Waals surface area contributed by atoms with Crippen molar-refractivity contribution >= 4 is 17.7 Å². The summed E-state index contributed by atoms with van der Waals surface area (Å²) in [6.45, 7) is 8.64. The number of nitrogens with one attached hydrogen (secondary N) is 2. The molecule has 0 unspecified atom stereocenters. The Morgan fingerprint density at radius 2 is 1.76 bits per heavy atom. The Balaban J connectivity index is 1.38. The van der Waals surface area contributed by atoms with Crippen LogP contribution < -0.4 is 20.1 Å². The zero-order chi connectivity index (χ0) is 33.3. The molecular formula is C35H50N4O7. The van der Waals surface area contributed by atoms with E-state index in [1.807, 2.05) is 38.1 Å². The molecule has 0 radical (unpaired) electrons. The smallest absolute Gasteiger partial charge is 0.251 e. The fraction of sp³-hybridized carbons (Fsp3) is 0.571. The largest absolute Gasteiger partial charge is 0.493 e. The molecule has 46 heavy (non-hydrogen) atoms. The van der Waals surface area contributed by atoms with Gasteiger partial charge in [-0.05, 0) is 61.1 Å². The van der Waals surface area contributed by atoms with Crippen LogP contribution >= 0.6 is 0 Å². The number of aliphatic hydroxyl groups is 2. The highest BCUT2D eigenvalue weighted by Gasteiger charge is 2.55. The van der Waals surface area contributed by atoms with Gasteiger partial charge in [0.15, 0.2) is 11.5 Å². The van der Waals surface area contributed by atoms with Crippen molar-refractivity contribution in [3.63, 3.8) is 0 Å². The SMILES string of the molecule is CCCCN1C(=O)[C@@H]([C@H](O)C(CC)CC)NC(=O)C12CCN(Cc1ccc(Oc3ccc(C(=O)NCCO)cc3OC)cc1)CC2. The highest BCUT2D eigenvalue weighted by molar-refractivity contribution is 6.00. The average Bonchev–Trinajstić information content (AvgIpc) is 3.07. The number of carbonyl (C=O) groups is 3. The summed E-state index contributed by atoms with van der Waals surface area (Å²) < 4.78 is 11.5. The lowest BCUT2D eigenvalue weighted by Gasteiger charge is -2.52. The minimum absolute atomic E-state index is 0.0476. The summed E-state index contributed by atoms with van der Waals surface area (Å²) in [5.41, 5.74) is 0.601. The summed E-state index contributed by atoms with van der Waals surface area (Å²) in [6, 6.07) is 11.8. The Kier molecular flexibility index (Phi) is 12.4. The van der Waals surface area contributed by atoms with Crippen molar-refractivity contribution in [1.82, 2.24) is 20.4 Å². The van der Waals surface area contributed by atoms with Crippen LogP contribution in [0.2, 0.25) is 0 Å².